The van der Waals surface area contributed by atoms with E-state index in [9.17, 15) is 0 Å². The molecule has 1 N–H and O–H groups in total. The first kappa shape index (κ1) is 13.9. The van der Waals surface area contributed by atoms with Crippen molar-refractivity contribution in [3.8, 4) is 11.5 Å². The maximum absolute atomic E-state index is 5.63. The van der Waals surface area contributed by atoms with Crippen molar-refractivity contribution in [2.75, 3.05) is 19.8 Å². The molecule has 0 aliphatic carbocycles. The van der Waals surface area contributed by atoms with Crippen LogP contribution >= 0.6 is 27.3 Å². The van der Waals surface area contributed by atoms with Gasteiger partial charge in [-0.05, 0) is 69.0 Å². The van der Waals surface area contributed by atoms with E-state index in [2.05, 4.69) is 50.2 Å². The average Bonchev–Trinajstić information content (AvgIpc) is 2.97. The molecular weight excluding hydrogens is 338 g/mol. The molecule has 2 aromatic rings. The zero-order valence-corrected chi connectivity index (χ0v) is 13.4. The minimum Gasteiger partial charge on any atom is -0.486 e. The fourth-order valence-electron chi connectivity index (χ4n) is 2.17. The summed E-state index contributed by atoms with van der Waals surface area (Å²) in [6.45, 7) is 3.04. The number of thiophene rings is 1. The van der Waals surface area contributed by atoms with Gasteiger partial charge in [-0.3, -0.25) is 0 Å². The summed E-state index contributed by atoms with van der Waals surface area (Å²) in [6, 6.07) is 6.31. The van der Waals surface area contributed by atoms with Crippen molar-refractivity contribution in [3.63, 3.8) is 0 Å². The van der Waals surface area contributed by atoms with E-state index >= 15 is 0 Å². The van der Waals surface area contributed by atoms with Gasteiger partial charge in [0.25, 0.3) is 0 Å². The molecule has 0 amide bonds. The molecular formula is C15H16BrNO2S. The van der Waals surface area contributed by atoms with Crippen LogP contribution in [0.25, 0.3) is 0 Å². The third-order valence-corrected chi connectivity index (χ3v) is 4.48. The van der Waals surface area contributed by atoms with Crippen LogP contribution in [0.2, 0.25) is 0 Å². The van der Waals surface area contributed by atoms with Gasteiger partial charge in [-0.25, -0.2) is 0 Å². The van der Waals surface area contributed by atoms with Crippen molar-refractivity contribution in [2.45, 2.75) is 13.0 Å². The minimum absolute atomic E-state index is 0.615. The van der Waals surface area contributed by atoms with Crippen molar-refractivity contribution >= 4 is 27.3 Å². The Hall–Kier alpha value is -1.04. The number of benzene rings is 1. The van der Waals surface area contributed by atoms with Crippen LogP contribution in [-0.4, -0.2) is 19.8 Å². The van der Waals surface area contributed by atoms with Crippen molar-refractivity contribution in [1.29, 1.82) is 0 Å². The van der Waals surface area contributed by atoms with Gasteiger partial charge in [-0.2, -0.15) is 11.3 Å². The maximum atomic E-state index is 5.63. The zero-order valence-electron chi connectivity index (χ0n) is 11.0. The van der Waals surface area contributed by atoms with Gasteiger partial charge in [0.15, 0.2) is 11.5 Å². The summed E-state index contributed by atoms with van der Waals surface area (Å²) in [5.41, 5.74) is 2.59. The van der Waals surface area contributed by atoms with Crippen molar-refractivity contribution < 1.29 is 9.47 Å². The molecule has 20 heavy (non-hydrogen) atoms. The van der Waals surface area contributed by atoms with Crippen LogP contribution in [0.1, 0.15) is 11.1 Å². The lowest BCUT2D eigenvalue weighted by molar-refractivity contribution is 0.170. The quantitative estimate of drug-likeness (QED) is 0.832. The third kappa shape index (κ3) is 3.34. The van der Waals surface area contributed by atoms with E-state index in [4.69, 9.17) is 9.47 Å². The number of hydrogen-bond acceptors (Lipinski definition) is 4. The van der Waals surface area contributed by atoms with Gasteiger partial charge in [0, 0.05) is 6.54 Å². The Kier molecular flexibility index (Phi) is 4.60. The molecule has 3 rings (SSSR count). The fourth-order valence-corrected chi connectivity index (χ4v) is 3.47. The molecule has 0 spiro atoms. The number of rotatable bonds is 5. The zero-order chi connectivity index (χ0) is 13.8. The fraction of sp³-hybridized carbons (Fsp3) is 0.333. The van der Waals surface area contributed by atoms with E-state index in [0.717, 1.165) is 35.5 Å². The maximum Gasteiger partial charge on any atom is 0.175 e. The molecule has 106 valence electrons. The van der Waals surface area contributed by atoms with E-state index in [1.807, 2.05) is 0 Å². The Morgan fingerprint density at radius 2 is 2.10 bits per heavy atom. The predicted molar refractivity (Wildman–Crippen MR) is 84.9 cm³/mol. The molecule has 0 bridgehead atoms. The number of nitrogens with one attached hydrogen (secondary N) is 1. The van der Waals surface area contributed by atoms with Crippen LogP contribution in [0.4, 0.5) is 0 Å². The van der Waals surface area contributed by atoms with Crippen molar-refractivity contribution in [3.05, 3.63) is 44.6 Å². The number of hydrogen-bond donors (Lipinski definition) is 1. The summed E-state index contributed by atoms with van der Waals surface area (Å²) in [5.74, 6) is 1.65. The summed E-state index contributed by atoms with van der Waals surface area (Å²) in [5, 5.41) is 7.78. The highest BCUT2D eigenvalue weighted by atomic mass is 79.9. The van der Waals surface area contributed by atoms with Crippen LogP contribution in [-0.2, 0) is 13.0 Å². The van der Waals surface area contributed by atoms with Crippen LogP contribution in [0.3, 0.4) is 0 Å². The number of halogens is 1. The standard InChI is InChI=1S/C15H16BrNO2S/c16-13-7-12(8-14-15(13)19-5-4-18-14)9-17-3-1-11-2-6-20-10-11/h2,6-8,10,17H,1,3-5,9H2. The molecule has 1 aliphatic heterocycles. The second-order valence-corrected chi connectivity index (χ2v) is 6.29. The second-order valence-electron chi connectivity index (χ2n) is 4.66. The predicted octanol–water partition coefficient (Wildman–Crippen LogP) is 3.61. The Labute approximate surface area is 131 Å². The Bertz CT molecular complexity index is 572. The van der Waals surface area contributed by atoms with Gasteiger partial charge in [0.2, 0.25) is 0 Å². The molecule has 1 aromatic carbocycles. The van der Waals surface area contributed by atoms with Crippen molar-refractivity contribution in [2.24, 2.45) is 0 Å². The van der Waals surface area contributed by atoms with E-state index < -0.39 is 0 Å². The van der Waals surface area contributed by atoms with Gasteiger partial charge in [-0.15, -0.1) is 0 Å². The molecule has 2 heterocycles. The average molecular weight is 354 g/mol. The molecule has 3 nitrogen and oxygen atoms in total. The van der Waals surface area contributed by atoms with E-state index in [1.165, 1.54) is 11.1 Å². The highest BCUT2D eigenvalue weighted by Gasteiger charge is 2.16. The van der Waals surface area contributed by atoms with E-state index in [1.54, 1.807) is 11.3 Å². The molecule has 1 aromatic heterocycles. The van der Waals surface area contributed by atoms with Crippen molar-refractivity contribution in [1.82, 2.24) is 5.32 Å². The van der Waals surface area contributed by atoms with Gasteiger partial charge < -0.3 is 14.8 Å². The van der Waals surface area contributed by atoms with Crippen LogP contribution in [0.15, 0.2) is 33.4 Å². The number of ether oxygens (including phenoxy) is 2. The van der Waals surface area contributed by atoms with Crippen LogP contribution in [0.5, 0.6) is 11.5 Å². The molecule has 0 atom stereocenters. The lowest BCUT2D eigenvalue weighted by Gasteiger charge is -2.20. The van der Waals surface area contributed by atoms with E-state index in [0.29, 0.717) is 13.2 Å². The molecule has 0 saturated heterocycles. The molecule has 0 radical (unpaired) electrons. The van der Waals surface area contributed by atoms with Crippen LogP contribution < -0.4 is 14.8 Å². The summed E-state index contributed by atoms with van der Waals surface area (Å²) in [7, 11) is 0. The van der Waals surface area contributed by atoms with Gasteiger partial charge >= 0.3 is 0 Å². The molecule has 0 unspecified atom stereocenters. The first-order valence-corrected chi connectivity index (χ1v) is 8.36. The SMILES string of the molecule is Brc1cc(CNCCc2ccsc2)cc2c1OCCO2. The molecule has 5 heteroatoms. The molecule has 0 fully saturated rings. The number of fused-ring (bicyclic) bond motifs is 1. The first-order valence-electron chi connectivity index (χ1n) is 6.63. The summed E-state index contributed by atoms with van der Waals surface area (Å²) >= 11 is 5.29. The van der Waals surface area contributed by atoms with Gasteiger partial charge in [0.1, 0.15) is 13.2 Å². The highest BCUT2D eigenvalue weighted by molar-refractivity contribution is 9.10. The minimum atomic E-state index is 0.615. The molecule has 1 aliphatic rings. The molecule has 0 saturated carbocycles. The monoisotopic (exact) mass is 353 g/mol. The van der Waals surface area contributed by atoms with E-state index in [-0.39, 0.29) is 0 Å². The first-order chi connectivity index (χ1) is 9.83. The Balaban J connectivity index is 1.56. The highest BCUT2D eigenvalue weighted by Crippen LogP contribution is 2.38. The Morgan fingerprint density at radius 3 is 2.95 bits per heavy atom. The third-order valence-electron chi connectivity index (χ3n) is 3.16. The topological polar surface area (TPSA) is 30.5 Å². The summed E-state index contributed by atoms with van der Waals surface area (Å²) in [6.07, 6.45) is 1.06. The summed E-state index contributed by atoms with van der Waals surface area (Å²) < 4.78 is 12.2. The largest absolute Gasteiger partial charge is 0.486 e. The van der Waals surface area contributed by atoms with Crippen LogP contribution in [0, 0.1) is 0 Å². The Morgan fingerprint density at radius 1 is 1.20 bits per heavy atom. The lowest BCUT2D eigenvalue weighted by Crippen LogP contribution is -2.18. The lowest BCUT2D eigenvalue weighted by atomic mass is 10.2. The second kappa shape index (κ2) is 6.61. The summed E-state index contributed by atoms with van der Waals surface area (Å²) in [4.78, 5) is 0. The smallest absolute Gasteiger partial charge is 0.175 e. The normalized spacial score (nSPS) is 13.4. The van der Waals surface area contributed by atoms with Gasteiger partial charge in [0.05, 0.1) is 4.47 Å². The van der Waals surface area contributed by atoms with Gasteiger partial charge in [-0.1, -0.05) is 0 Å².